The lowest BCUT2D eigenvalue weighted by molar-refractivity contribution is -0.388. The molecule has 0 heterocycles. The number of nitro groups is 1. The first-order valence-corrected chi connectivity index (χ1v) is 6.93. The lowest BCUT2D eigenvalue weighted by Crippen LogP contribution is -2.32. The number of sulfonamides is 1. The number of hydrogen-bond acceptors (Lipinski definition) is 6. The summed E-state index contributed by atoms with van der Waals surface area (Å²) < 4.78 is 24.7. The Morgan fingerprint density at radius 2 is 1.74 bits per heavy atom. The molecule has 0 spiro atoms. The van der Waals surface area contributed by atoms with E-state index < -0.39 is 25.5 Å². The molecule has 1 aromatic carbocycles. The van der Waals surface area contributed by atoms with Crippen LogP contribution < -0.4 is 0 Å². The third-order valence-corrected chi connectivity index (χ3v) is 3.51. The van der Waals surface area contributed by atoms with E-state index in [2.05, 4.69) is 0 Å². The first-order valence-electron chi connectivity index (χ1n) is 5.49. The quantitative estimate of drug-likeness (QED) is 0.557. The van der Waals surface area contributed by atoms with Gasteiger partial charge in [0.2, 0.25) is 0 Å². The second-order valence-electron chi connectivity index (χ2n) is 3.26. The largest absolute Gasteiger partial charge is 0.295 e. The second kappa shape index (κ2) is 6.57. The Morgan fingerprint density at radius 3 is 2.21 bits per heavy atom. The summed E-state index contributed by atoms with van der Waals surface area (Å²) in [5.74, 6) is 0. The van der Waals surface area contributed by atoms with Gasteiger partial charge in [0.05, 0.1) is 22.8 Å². The molecule has 9 heteroatoms. The van der Waals surface area contributed by atoms with Crippen LogP contribution in [0.3, 0.4) is 0 Å². The van der Waals surface area contributed by atoms with Crippen LogP contribution in [0.1, 0.15) is 13.8 Å². The number of nitrogens with zero attached hydrogens (tertiary/aromatic N) is 2. The monoisotopic (exact) mass is 290 g/mol. The van der Waals surface area contributed by atoms with Crippen molar-refractivity contribution in [1.29, 1.82) is 0 Å². The van der Waals surface area contributed by atoms with Crippen molar-refractivity contribution >= 4 is 15.7 Å². The van der Waals surface area contributed by atoms with Gasteiger partial charge in [-0.15, -0.1) is 0 Å². The smallest absolute Gasteiger partial charge is 0.261 e. The molecule has 19 heavy (non-hydrogen) atoms. The van der Waals surface area contributed by atoms with Gasteiger partial charge in [-0.3, -0.25) is 19.8 Å². The van der Waals surface area contributed by atoms with Crippen molar-refractivity contribution < 1.29 is 23.0 Å². The van der Waals surface area contributed by atoms with Crippen LogP contribution in [0.25, 0.3) is 0 Å². The molecule has 106 valence electrons. The molecule has 0 bridgehead atoms. The molecular weight excluding hydrogens is 276 g/mol. The first kappa shape index (κ1) is 15.5. The van der Waals surface area contributed by atoms with Gasteiger partial charge >= 0.3 is 0 Å². The van der Waals surface area contributed by atoms with E-state index in [1.807, 2.05) is 0 Å². The van der Waals surface area contributed by atoms with E-state index in [0.717, 1.165) is 12.1 Å². The Morgan fingerprint density at radius 1 is 1.21 bits per heavy atom. The summed E-state index contributed by atoms with van der Waals surface area (Å²) in [4.78, 5) is 19.3. The van der Waals surface area contributed by atoms with Gasteiger partial charge in [-0.1, -0.05) is 12.1 Å². The Hall–Kier alpha value is -1.55. The lowest BCUT2D eigenvalue weighted by Gasteiger charge is -2.18. The zero-order valence-electron chi connectivity index (χ0n) is 10.5. The van der Waals surface area contributed by atoms with Crippen molar-refractivity contribution in [1.82, 2.24) is 4.63 Å². The van der Waals surface area contributed by atoms with Crippen LogP contribution in [0.4, 0.5) is 5.69 Å². The van der Waals surface area contributed by atoms with Crippen molar-refractivity contribution in [3.05, 3.63) is 34.4 Å². The molecule has 0 aliphatic carbocycles. The van der Waals surface area contributed by atoms with E-state index in [1.165, 1.54) is 12.1 Å². The zero-order valence-corrected chi connectivity index (χ0v) is 11.3. The fourth-order valence-electron chi connectivity index (χ4n) is 1.29. The van der Waals surface area contributed by atoms with E-state index in [1.54, 1.807) is 13.8 Å². The maximum absolute atomic E-state index is 12.2. The van der Waals surface area contributed by atoms with Gasteiger partial charge in [-0.25, -0.2) is 8.42 Å². The molecule has 0 aliphatic heterocycles. The van der Waals surface area contributed by atoms with Gasteiger partial charge < -0.3 is 0 Å². The minimum atomic E-state index is -4.25. The minimum Gasteiger partial charge on any atom is -0.261 e. The Kier molecular flexibility index (Phi) is 5.36. The lowest BCUT2D eigenvalue weighted by atomic mass is 10.3. The molecule has 0 aliphatic rings. The SMILES string of the molecule is CCON(OCC)S(=O)(=O)c1ccccc1[N+](=O)[O-]. The van der Waals surface area contributed by atoms with Crippen molar-refractivity contribution in [3.63, 3.8) is 0 Å². The fourth-order valence-corrected chi connectivity index (χ4v) is 2.60. The van der Waals surface area contributed by atoms with Gasteiger partial charge in [0.1, 0.15) is 0 Å². The zero-order chi connectivity index (χ0) is 14.5. The molecule has 0 N–H and O–H groups in total. The summed E-state index contributed by atoms with van der Waals surface area (Å²) in [6, 6.07) is 4.99. The van der Waals surface area contributed by atoms with E-state index in [-0.39, 0.29) is 13.2 Å². The van der Waals surface area contributed by atoms with Gasteiger partial charge in [0, 0.05) is 6.07 Å². The highest BCUT2D eigenvalue weighted by Crippen LogP contribution is 2.26. The molecule has 0 saturated heterocycles. The van der Waals surface area contributed by atoms with E-state index in [0.29, 0.717) is 4.63 Å². The standard InChI is InChI=1S/C10H14N2O6S/c1-3-17-12(18-4-2)19(15,16)10-8-6-5-7-9(10)11(13)14/h5-8H,3-4H2,1-2H3. The van der Waals surface area contributed by atoms with Gasteiger partial charge in [-0.05, 0) is 19.9 Å². The average Bonchev–Trinajstić information content (AvgIpc) is 2.38. The van der Waals surface area contributed by atoms with Crippen LogP contribution >= 0.6 is 0 Å². The van der Waals surface area contributed by atoms with Crippen LogP contribution in [-0.4, -0.2) is 31.2 Å². The van der Waals surface area contributed by atoms with Crippen LogP contribution in [0.15, 0.2) is 29.2 Å². The molecule has 8 nitrogen and oxygen atoms in total. The average molecular weight is 290 g/mol. The molecular formula is C10H14N2O6S. The molecule has 0 unspecified atom stereocenters. The first-order chi connectivity index (χ1) is 8.95. The molecule has 1 rings (SSSR count). The molecule has 0 fully saturated rings. The number of benzene rings is 1. The fraction of sp³-hybridized carbons (Fsp3) is 0.400. The van der Waals surface area contributed by atoms with Crippen LogP contribution in [-0.2, 0) is 19.7 Å². The maximum atomic E-state index is 12.2. The second-order valence-corrected chi connectivity index (χ2v) is 4.95. The maximum Gasteiger partial charge on any atom is 0.295 e. The van der Waals surface area contributed by atoms with Crippen molar-refractivity contribution in [2.75, 3.05) is 13.2 Å². The number of nitro benzene ring substituents is 1. The Bertz CT molecular complexity index is 539. The Labute approximate surface area is 110 Å². The third-order valence-electron chi connectivity index (χ3n) is 2.01. The molecule has 0 radical (unpaired) electrons. The molecule has 1 aromatic rings. The van der Waals surface area contributed by atoms with Gasteiger partial charge in [0.25, 0.3) is 15.7 Å². The van der Waals surface area contributed by atoms with E-state index in [9.17, 15) is 18.5 Å². The summed E-state index contributed by atoms with van der Waals surface area (Å²) >= 11 is 0. The van der Waals surface area contributed by atoms with Crippen LogP contribution in [0, 0.1) is 10.1 Å². The summed E-state index contributed by atoms with van der Waals surface area (Å²) in [7, 11) is -4.25. The van der Waals surface area contributed by atoms with Crippen LogP contribution in [0.2, 0.25) is 0 Å². The van der Waals surface area contributed by atoms with Gasteiger partial charge in [-0.2, -0.15) is 0 Å². The molecule has 0 amide bonds. The molecule has 0 saturated carbocycles. The third kappa shape index (κ3) is 3.47. The van der Waals surface area contributed by atoms with Crippen molar-refractivity contribution in [2.24, 2.45) is 0 Å². The van der Waals surface area contributed by atoms with Crippen LogP contribution in [0.5, 0.6) is 0 Å². The van der Waals surface area contributed by atoms with E-state index >= 15 is 0 Å². The highest BCUT2D eigenvalue weighted by molar-refractivity contribution is 7.89. The highest BCUT2D eigenvalue weighted by atomic mass is 32.2. The summed E-state index contributed by atoms with van der Waals surface area (Å²) in [5.41, 5.74) is -0.535. The Balaban J connectivity index is 3.29. The normalized spacial score (nSPS) is 11.7. The summed E-state index contributed by atoms with van der Waals surface area (Å²) in [6.07, 6.45) is 0. The predicted octanol–water partition coefficient (Wildman–Crippen LogP) is 1.49. The number of rotatable bonds is 7. The summed E-state index contributed by atoms with van der Waals surface area (Å²) in [6.45, 7) is 3.22. The van der Waals surface area contributed by atoms with Crippen molar-refractivity contribution in [2.45, 2.75) is 18.7 Å². The molecule has 0 atom stereocenters. The number of hydrogen-bond donors (Lipinski definition) is 0. The summed E-state index contributed by atoms with van der Waals surface area (Å²) in [5, 5.41) is 10.8. The van der Waals surface area contributed by atoms with E-state index in [4.69, 9.17) is 9.68 Å². The topological polar surface area (TPSA) is 99.0 Å². The van der Waals surface area contributed by atoms with Crippen molar-refractivity contribution in [3.8, 4) is 0 Å². The predicted molar refractivity (Wildman–Crippen MR) is 65.4 cm³/mol. The molecule has 0 aromatic heterocycles. The van der Waals surface area contributed by atoms with Gasteiger partial charge in [0.15, 0.2) is 4.90 Å². The number of para-hydroxylation sites is 1. The minimum absolute atomic E-state index is 0.0415. The highest BCUT2D eigenvalue weighted by Gasteiger charge is 2.33.